The summed E-state index contributed by atoms with van der Waals surface area (Å²) in [6.45, 7) is 0. The fourth-order valence-corrected chi connectivity index (χ4v) is 2.40. The Hall–Kier alpha value is -3.48. The molecule has 0 fully saturated rings. The minimum Gasteiger partial charge on any atom is -0.493 e. The molecule has 1 heterocycles. The second-order valence-electron chi connectivity index (χ2n) is 5.16. The Morgan fingerprint density at radius 1 is 1.08 bits per heavy atom. The van der Waals surface area contributed by atoms with Gasteiger partial charge >= 0.3 is 0 Å². The van der Waals surface area contributed by atoms with Gasteiger partial charge in [-0.05, 0) is 29.8 Å². The van der Waals surface area contributed by atoms with Gasteiger partial charge in [-0.3, -0.25) is 20.1 Å². The van der Waals surface area contributed by atoms with Crippen LogP contribution in [0.5, 0.6) is 11.5 Å². The molecule has 7 nitrogen and oxygen atoms in total. The lowest BCUT2D eigenvalue weighted by Gasteiger charge is -2.09. The molecule has 0 N–H and O–H groups in total. The van der Waals surface area contributed by atoms with Crippen molar-refractivity contribution >= 4 is 28.5 Å². The Labute approximate surface area is 143 Å². The maximum Gasteiger partial charge on any atom is 0.269 e. The summed E-state index contributed by atoms with van der Waals surface area (Å²) in [5.74, 6) is 1.19. The molecule has 0 spiro atoms. The van der Waals surface area contributed by atoms with Crippen molar-refractivity contribution in [2.45, 2.75) is 0 Å². The number of fused-ring (bicyclic) bond motifs is 1. The van der Waals surface area contributed by atoms with Gasteiger partial charge in [0.15, 0.2) is 11.5 Å². The van der Waals surface area contributed by atoms with Crippen molar-refractivity contribution < 1.29 is 14.4 Å². The van der Waals surface area contributed by atoms with E-state index >= 15 is 0 Å². The van der Waals surface area contributed by atoms with Crippen LogP contribution in [0.4, 0.5) is 11.4 Å². The standard InChI is InChI=1S/C18H15N3O4/c1-24-17-9-14-15(7-8-19-16(14)10-18(17)25-2)20-11-12-3-5-13(6-4-12)21(22)23/h3-11H,1-2H3. The fraction of sp³-hybridized carbons (Fsp3) is 0.111. The smallest absolute Gasteiger partial charge is 0.269 e. The van der Waals surface area contributed by atoms with Gasteiger partial charge in [0.25, 0.3) is 5.69 Å². The molecular formula is C18H15N3O4. The normalized spacial score (nSPS) is 11.0. The molecule has 0 amide bonds. The maximum absolute atomic E-state index is 10.7. The highest BCUT2D eigenvalue weighted by atomic mass is 16.6. The van der Waals surface area contributed by atoms with Gasteiger partial charge in [0.05, 0.1) is 30.3 Å². The van der Waals surface area contributed by atoms with Crippen LogP contribution in [0.2, 0.25) is 0 Å². The third-order valence-corrected chi connectivity index (χ3v) is 3.68. The first kappa shape index (κ1) is 16.4. The van der Waals surface area contributed by atoms with E-state index in [2.05, 4.69) is 9.98 Å². The number of hydrogen-bond acceptors (Lipinski definition) is 6. The van der Waals surface area contributed by atoms with Crippen LogP contribution in [0.25, 0.3) is 10.9 Å². The topological polar surface area (TPSA) is 86.9 Å². The van der Waals surface area contributed by atoms with Crippen molar-refractivity contribution in [3.05, 3.63) is 64.3 Å². The van der Waals surface area contributed by atoms with Gasteiger partial charge < -0.3 is 9.47 Å². The predicted molar refractivity (Wildman–Crippen MR) is 95.2 cm³/mol. The predicted octanol–water partition coefficient (Wildman–Crippen LogP) is 3.91. The molecule has 0 saturated heterocycles. The highest BCUT2D eigenvalue weighted by molar-refractivity contribution is 5.95. The van der Waals surface area contributed by atoms with Crippen LogP contribution in [0.1, 0.15) is 5.56 Å². The zero-order valence-electron chi connectivity index (χ0n) is 13.7. The molecule has 0 unspecified atom stereocenters. The summed E-state index contributed by atoms with van der Waals surface area (Å²) in [4.78, 5) is 19.1. The molecule has 0 aliphatic carbocycles. The van der Waals surface area contributed by atoms with Crippen molar-refractivity contribution in [3.63, 3.8) is 0 Å². The Morgan fingerprint density at radius 2 is 1.76 bits per heavy atom. The van der Waals surface area contributed by atoms with Gasteiger partial charge in [-0.15, -0.1) is 0 Å². The summed E-state index contributed by atoms with van der Waals surface area (Å²) in [5.41, 5.74) is 2.25. The number of hydrogen-bond donors (Lipinski definition) is 0. The van der Waals surface area contributed by atoms with Gasteiger partial charge in [-0.1, -0.05) is 0 Å². The van der Waals surface area contributed by atoms with E-state index in [1.54, 1.807) is 50.9 Å². The highest BCUT2D eigenvalue weighted by Crippen LogP contribution is 2.35. The number of rotatable bonds is 5. The van der Waals surface area contributed by atoms with Gasteiger partial charge in [-0.2, -0.15) is 0 Å². The summed E-state index contributed by atoms with van der Waals surface area (Å²) < 4.78 is 10.6. The lowest BCUT2D eigenvalue weighted by molar-refractivity contribution is -0.384. The van der Waals surface area contributed by atoms with Crippen LogP contribution in [-0.2, 0) is 0 Å². The second kappa shape index (κ2) is 6.96. The third-order valence-electron chi connectivity index (χ3n) is 3.68. The van der Waals surface area contributed by atoms with Crippen molar-refractivity contribution in [2.75, 3.05) is 14.2 Å². The Bertz CT molecular complexity index is 952. The number of aromatic nitrogens is 1. The van der Waals surface area contributed by atoms with Crippen LogP contribution >= 0.6 is 0 Å². The lowest BCUT2D eigenvalue weighted by atomic mass is 10.1. The van der Waals surface area contributed by atoms with E-state index in [0.29, 0.717) is 17.2 Å². The van der Waals surface area contributed by atoms with E-state index in [-0.39, 0.29) is 5.69 Å². The van der Waals surface area contributed by atoms with Crippen LogP contribution in [0.3, 0.4) is 0 Å². The molecule has 0 bridgehead atoms. The fourth-order valence-electron chi connectivity index (χ4n) is 2.40. The molecule has 0 saturated carbocycles. The maximum atomic E-state index is 10.7. The van der Waals surface area contributed by atoms with E-state index in [1.165, 1.54) is 12.1 Å². The molecule has 25 heavy (non-hydrogen) atoms. The first-order chi connectivity index (χ1) is 12.1. The Kier molecular flexibility index (Phi) is 4.56. The summed E-state index contributed by atoms with van der Waals surface area (Å²) in [6.07, 6.45) is 3.31. The van der Waals surface area contributed by atoms with E-state index in [0.717, 1.165) is 16.5 Å². The number of nitro groups is 1. The molecule has 3 rings (SSSR count). The van der Waals surface area contributed by atoms with Crippen molar-refractivity contribution in [1.82, 2.24) is 4.98 Å². The molecule has 0 aliphatic heterocycles. The summed E-state index contributed by atoms with van der Waals surface area (Å²) in [5, 5.41) is 11.5. The number of methoxy groups -OCH3 is 2. The van der Waals surface area contributed by atoms with E-state index < -0.39 is 4.92 Å². The zero-order chi connectivity index (χ0) is 17.8. The molecule has 0 radical (unpaired) electrons. The van der Waals surface area contributed by atoms with E-state index in [9.17, 15) is 10.1 Å². The van der Waals surface area contributed by atoms with Crippen LogP contribution in [0, 0.1) is 10.1 Å². The molecule has 3 aromatic rings. The van der Waals surface area contributed by atoms with Crippen molar-refractivity contribution in [2.24, 2.45) is 4.99 Å². The summed E-state index contributed by atoms with van der Waals surface area (Å²) in [6, 6.07) is 11.6. The number of pyridine rings is 1. The molecule has 126 valence electrons. The third kappa shape index (κ3) is 3.40. The summed E-state index contributed by atoms with van der Waals surface area (Å²) >= 11 is 0. The number of nitro benzene ring substituents is 1. The SMILES string of the molecule is COc1cc2nccc(N=Cc3ccc([N+](=O)[O-])cc3)c2cc1OC. The Balaban J connectivity index is 1.99. The minimum atomic E-state index is -0.434. The van der Waals surface area contributed by atoms with Crippen molar-refractivity contribution in [3.8, 4) is 11.5 Å². The Morgan fingerprint density at radius 3 is 2.40 bits per heavy atom. The van der Waals surface area contributed by atoms with Gasteiger partial charge in [0.2, 0.25) is 0 Å². The van der Waals surface area contributed by atoms with Gasteiger partial charge in [0, 0.05) is 36.0 Å². The number of ether oxygens (including phenoxy) is 2. The average molecular weight is 337 g/mol. The van der Waals surface area contributed by atoms with Crippen LogP contribution < -0.4 is 9.47 Å². The average Bonchev–Trinajstić information content (AvgIpc) is 2.65. The molecular weight excluding hydrogens is 322 g/mol. The second-order valence-corrected chi connectivity index (χ2v) is 5.16. The van der Waals surface area contributed by atoms with Crippen molar-refractivity contribution in [1.29, 1.82) is 0 Å². The largest absolute Gasteiger partial charge is 0.493 e. The molecule has 7 heteroatoms. The lowest BCUT2D eigenvalue weighted by Crippen LogP contribution is -1.91. The minimum absolute atomic E-state index is 0.0448. The monoisotopic (exact) mass is 337 g/mol. The molecule has 0 atom stereocenters. The first-order valence-electron chi connectivity index (χ1n) is 7.41. The number of aliphatic imine (C=N–C) groups is 1. The number of nitrogens with zero attached hydrogens (tertiary/aromatic N) is 3. The zero-order valence-corrected chi connectivity index (χ0v) is 13.7. The highest BCUT2D eigenvalue weighted by Gasteiger charge is 2.09. The summed E-state index contributed by atoms with van der Waals surface area (Å²) in [7, 11) is 3.14. The molecule has 0 aliphatic rings. The van der Waals surface area contributed by atoms with E-state index in [4.69, 9.17) is 9.47 Å². The molecule has 2 aromatic carbocycles. The van der Waals surface area contributed by atoms with Crippen LogP contribution in [-0.4, -0.2) is 30.3 Å². The molecule has 1 aromatic heterocycles. The quantitative estimate of drug-likeness (QED) is 0.400. The number of non-ortho nitro benzene ring substituents is 1. The van der Waals surface area contributed by atoms with Crippen LogP contribution in [0.15, 0.2) is 53.7 Å². The van der Waals surface area contributed by atoms with E-state index in [1.807, 2.05) is 6.07 Å². The van der Waals surface area contributed by atoms with Gasteiger partial charge in [0.1, 0.15) is 0 Å². The number of benzene rings is 2. The first-order valence-corrected chi connectivity index (χ1v) is 7.41. The van der Waals surface area contributed by atoms with Gasteiger partial charge in [-0.25, -0.2) is 0 Å².